The van der Waals surface area contributed by atoms with Crippen molar-refractivity contribution in [2.24, 2.45) is 0 Å². The van der Waals surface area contributed by atoms with Crippen LogP contribution in [0.1, 0.15) is 29.0 Å². The number of nitrogens with one attached hydrogen (secondary N) is 1. The van der Waals surface area contributed by atoms with Crippen LogP contribution in [0.3, 0.4) is 0 Å². The molecule has 0 spiro atoms. The number of rotatable bonds is 4. The molecule has 1 atom stereocenters. The molecule has 0 aliphatic rings. The molecule has 0 aliphatic carbocycles. The van der Waals surface area contributed by atoms with Gasteiger partial charge in [0.1, 0.15) is 0 Å². The van der Waals surface area contributed by atoms with E-state index in [1.165, 1.54) is 0 Å². The highest BCUT2D eigenvalue weighted by molar-refractivity contribution is 5.94. The van der Waals surface area contributed by atoms with Crippen LogP contribution in [0, 0.1) is 0 Å². The quantitative estimate of drug-likeness (QED) is 0.602. The zero-order valence-corrected chi connectivity index (χ0v) is 15.1. The van der Waals surface area contributed by atoms with Crippen LogP contribution in [0.5, 0.6) is 0 Å². The summed E-state index contributed by atoms with van der Waals surface area (Å²) in [4.78, 5) is 30.6. The monoisotopic (exact) mass is 357 g/mol. The molecule has 0 fully saturated rings. The van der Waals surface area contributed by atoms with Crippen LogP contribution in [0.4, 0.5) is 0 Å². The third kappa shape index (κ3) is 3.29. The summed E-state index contributed by atoms with van der Waals surface area (Å²) in [6.45, 7) is 1.99. The minimum absolute atomic E-state index is 0.107. The van der Waals surface area contributed by atoms with Gasteiger partial charge in [0.15, 0.2) is 5.82 Å². The van der Waals surface area contributed by atoms with Gasteiger partial charge in [0.05, 0.1) is 11.6 Å². The van der Waals surface area contributed by atoms with Gasteiger partial charge in [-0.3, -0.25) is 9.78 Å². The molecule has 1 amide bonds. The zero-order chi connectivity index (χ0) is 18.8. The summed E-state index contributed by atoms with van der Waals surface area (Å²) < 4.78 is 0. The SMILES string of the molecule is C[C@H](c1cc2ccccc2[nH]1)N(C)C(=O)c1cnc(-c2ccncc2)nc1. The number of aromatic nitrogens is 4. The lowest BCUT2D eigenvalue weighted by atomic mass is 10.1. The molecule has 27 heavy (non-hydrogen) atoms. The number of benzene rings is 1. The van der Waals surface area contributed by atoms with Crippen molar-refractivity contribution in [2.75, 3.05) is 7.05 Å². The number of pyridine rings is 1. The van der Waals surface area contributed by atoms with E-state index in [0.29, 0.717) is 11.4 Å². The van der Waals surface area contributed by atoms with Crippen molar-refractivity contribution in [3.05, 3.63) is 78.5 Å². The average Bonchev–Trinajstić information content (AvgIpc) is 3.17. The van der Waals surface area contributed by atoms with Gasteiger partial charge in [0, 0.05) is 48.6 Å². The largest absolute Gasteiger partial charge is 0.357 e. The molecule has 134 valence electrons. The van der Waals surface area contributed by atoms with Gasteiger partial charge < -0.3 is 9.88 Å². The molecule has 6 heteroatoms. The molecule has 0 saturated heterocycles. The molecular weight excluding hydrogens is 338 g/mol. The van der Waals surface area contributed by atoms with E-state index < -0.39 is 0 Å². The Bertz CT molecular complexity index is 1040. The third-order valence-electron chi connectivity index (χ3n) is 4.74. The Balaban J connectivity index is 1.54. The van der Waals surface area contributed by atoms with Crippen molar-refractivity contribution in [1.82, 2.24) is 24.8 Å². The van der Waals surface area contributed by atoms with E-state index in [2.05, 4.69) is 32.1 Å². The van der Waals surface area contributed by atoms with Crippen LogP contribution < -0.4 is 0 Å². The number of carbonyl (C=O) groups is 1. The van der Waals surface area contributed by atoms with Gasteiger partial charge in [0.2, 0.25) is 0 Å². The van der Waals surface area contributed by atoms with Gasteiger partial charge in [-0.1, -0.05) is 18.2 Å². The van der Waals surface area contributed by atoms with E-state index in [4.69, 9.17) is 0 Å². The molecule has 1 N–H and O–H groups in total. The smallest absolute Gasteiger partial charge is 0.257 e. The van der Waals surface area contributed by atoms with Crippen molar-refractivity contribution >= 4 is 16.8 Å². The summed E-state index contributed by atoms with van der Waals surface area (Å²) in [6, 6.07) is 13.7. The second-order valence-corrected chi connectivity index (χ2v) is 6.44. The molecule has 4 rings (SSSR count). The van der Waals surface area contributed by atoms with Crippen LogP contribution >= 0.6 is 0 Å². The molecule has 0 saturated carbocycles. The van der Waals surface area contributed by atoms with Crippen molar-refractivity contribution < 1.29 is 4.79 Å². The van der Waals surface area contributed by atoms with Crippen LogP contribution in [-0.2, 0) is 0 Å². The summed E-state index contributed by atoms with van der Waals surface area (Å²) in [5, 5.41) is 1.13. The lowest BCUT2D eigenvalue weighted by molar-refractivity contribution is 0.0739. The minimum Gasteiger partial charge on any atom is -0.357 e. The van der Waals surface area contributed by atoms with Gasteiger partial charge >= 0.3 is 0 Å². The minimum atomic E-state index is -0.123. The maximum Gasteiger partial charge on any atom is 0.257 e. The van der Waals surface area contributed by atoms with Gasteiger partial charge in [-0.15, -0.1) is 0 Å². The Morgan fingerprint density at radius 3 is 2.48 bits per heavy atom. The fourth-order valence-electron chi connectivity index (χ4n) is 3.00. The van der Waals surface area contributed by atoms with Crippen molar-refractivity contribution in [2.45, 2.75) is 13.0 Å². The highest BCUT2D eigenvalue weighted by Crippen LogP contribution is 2.24. The molecule has 0 radical (unpaired) electrons. The molecular formula is C21H19N5O. The number of fused-ring (bicyclic) bond motifs is 1. The van der Waals surface area contributed by atoms with Crippen molar-refractivity contribution in [3.8, 4) is 11.4 Å². The summed E-state index contributed by atoms with van der Waals surface area (Å²) in [7, 11) is 1.79. The summed E-state index contributed by atoms with van der Waals surface area (Å²) >= 11 is 0. The van der Waals surface area contributed by atoms with Crippen LogP contribution in [-0.4, -0.2) is 37.8 Å². The summed E-state index contributed by atoms with van der Waals surface area (Å²) in [5.41, 5.74) is 3.37. The highest BCUT2D eigenvalue weighted by Gasteiger charge is 2.21. The third-order valence-corrected chi connectivity index (χ3v) is 4.74. The molecule has 4 aromatic rings. The molecule has 1 aromatic carbocycles. The Kier molecular flexibility index (Phi) is 4.38. The van der Waals surface area contributed by atoms with Gasteiger partial charge in [-0.2, -0.15) is 0 Å². The van der Waals surface area contributed by atoms with Gasteiger partial charge in [-0.25, -0.2) is 9.97 Å². The first-order chi connectivity index (χ1) is 13.1. The second kappa shape index (κ2) is 6.99. The Labute approximate surface area is 156 Å². The van der Waals surface area contributed by atoms with E-state index in [9.17, 15) is 4.79 Å². The number of aromatic amines is 1. The summed E-state index contributed by atoms with van der Waals surface area (Å²) in [6.07, 6.45) is 6.51. The topological polar surface area (TPSA) is 74.8 Å². The van der Waals surface area contributed by atoms with E-state index in [1.807, 2.05) is 37.3 Å². The molecule has 6 nitrogen and oxygen atoms in total. The summed E-state index contributed by atoms with van der Waals surface area (Å²) in [5.74, 6) is 0.447. The fourth-order valence-corrected chi connectivity index (χ4v) is 3.00. The van der Waals surface area contributed by atoms with Crippen LogP contribution in [0.15, 0.2) is 67.3 Å². The molecule has 0 aliphatic heterocycles. The lowest BCUT2D eigenvalue weighted by Crippen LogP contribution is -2.30. The normalized spacial score (nSPS) is 12.1. The first-order valence-corrected chi connectivity index (χ1v) is 8.71. The maximum absolute atomic E-state index is 12.8. The number of hydrogen-bond acceptors (Lipinski definition) is 4. The Morgan fingerprint density at radius 2 is 1.78 bits per heavy atom. The predicted molar refractivity (Wildman–Crippen MR) is 104 cm³/mol. The number of carbonyl (C=O) groups excluding carboxylic acids is 1. The Morgan fingerprint density at radius 1 is 1.07 bits per heavy atom. The lowest BCUT2D eigenvalue weighted by Gasteiger charge is -2.24. The van der Waals surface area contributed by atoms with Crippen LogP contribution in [0.2, 0.25) is 0 Å². The number of para-hydroxylation sites is 1. The van der Waals surface area contributed by atoms with E-state index in [0.717, 1.165) is 22.2 Å². The van der Waals surface area contributed by atoms with Gasteiger partial charge in [0.25, 0.3) is 5.91 Å². The fraction of sp³-hybridized carbons (Fsp3) is 0.143. The molecule has 3 heterocycles. The van der Waals surface area contributed by atoms with E-state index in [1.54, 1.807) is 36.7 Å². The van der Waals surface area contributed by atoms with Gasteiger partial charge in [-0.05, 0) is 36.6 Å². The standard InChI is InChI=1S/C21H19N5O/c1-14(19-11-16-5-3-4-6-18(16)25-19)26(2)21(27)17-12-23-20(24-13-17)15-7-9-22-10-8-15/h3-14,25H,1-2H3/t14-/m1/s1. The highest BCUT2D eigenvalue weighted by atomic mass is 16.2. The molecule has 0 bridgehead atoms. The van der Waals surface area contributed by atoms with E-state index >= 15 is 0 Å². The Hall–Kier alpha value is -3.54. The molecule has 0 unspecified atom stereocenters. The second-order valence-electron chi connectivity index (χ2n) is 6.44. The average molecular weight is 357 g/mol. The van der Waals surface area contributed by atoms with E-state index in [-0.39, 0.29) is 11.9 Å². The maximum atomic E-state index is 12.8. The van der Waals surface area contributed by atoms with Crippen LogP contribution in [0.25, 0.3) is 22.3 Å². The zero-order valence-electron chi connectivity index (χ0n) is 15.1. The van der Waals surface area contributed by atoms with Crippen molar-refractivity contribution in [3.63, 3.8) is 0 Å². The molecule has 3 aromatic heterocycles. The first-order valence-electron chi connectivity index (χ1n) is 8.71. The van der Waals surface area contributed by atoms with Crippen molar-refractivity contribution in [1.29, 1.82) is 0 Å². The first kappa shape index (κ1) is 16.9. The predicted octanol–water partition coefficient (Wildman–Crippen LogP) is 3.85. The number of H-pyrrole nitrogens is 1. The number of hydrogen-bond donors (Lipinski definition) is 1. The number of nitrogens with zero attached hydrogens (tertiary/aromatic N) is 4. The number of amides is 1.